The summed E-state index contributed by atoms with van der Waals surface area (Å²) in [4.78, 5) is 0.170. The van der Waals surface area contributed by atoms with Crippen molar-refractivity contribution in [3.63, 3.8) is 0 Å². The third-order valence-corrected chi connectivity index (χ3v) is 4.71. The lowest BCUT2D eigenvalue weighted by Gasteiger charge is -2.23. The van der Waals surface area contributed by atoms with Crippen LogP contribution in [0.15, 0.2) is 29.2 Å². The van der Waals surface area contributed by atoms with Gasteiger partial charge in [-0.2, -0.15) is 0 Å². The van der Waals surface area contributed by atoms with Crippen LogP contribution >= 0.6 is 11.6 Å². The molecule has 0 aromatic heterocycles. The van der Waals surface area contributed by atoms with E-state index >= 15 is 0 Å². The molecule has 0 aliphatic carbocycles. The normalized spacial score (nSPS) is 14.9. The average Bonchev–Trinajstić information content (AvgIpc) is 2.44. The molecule has 0 saturated heterocycles. The van der Waals surface area contributed by atoms with Crippen LogP contribution in [-0.4, -0.2) is 45.3 Å². The van der Waals surface area contributed by atoms with Gasteiger partial charge in [-0.25, -0.2) is 13.1 Å². The number of alkyl halides is 1. The molecule has 0 aliphatic heterocycles. The first-order valence-corrected chi connectivity index (χ1v) is 8.68. The van der Waals surface area contributed by atoms with Gasteiger partial charge in [0, 0.05) is 32.6 Å². The fourth-order valence-electron chi connectivity index (χ4n) is 1.69. The standard InChI is InChI=1S/C14H22ClNO4S/c1-14(17,8-10-20-2)11-16-21(18,19)13-5-3-12(4-6-13)7-9-15/h3-6,16-17H,7-11H2,1-2H3. The second kappa shape index (κ2) is 8.10. The molecule has 21 heavy (non-hydrogen) atoms. The summed E-state index contributed by atoms with van der Waals surface area (Å²) in [6.07, 6.45) is 1.04. The number of ether oxygens (including phenoxy) is 1. The van der Waals surface area contributed by atoms with Crippen molar-refractivity contribution in [1.82, 2.24) is 4.72 Å². The molecule has 1 unspecified atom stereocenters. The Bertz CT molecular complexity index is 528. The van der Waals surface area contributed by atoms with Crippen molar-refractivity contribution in [3.8, 4) is 0 Å². The lowest BCUT2D eigenvalue weighted by atomic mass is 10.0. The maximum Gasteiger partial charge on any atom is 0.240 e. The first kappa shape index (κ1) is 18.4. The van der Waals surface area contributed by atoms with Crippen LogP contribution in [0.2, 0.25) is 0 Å². The lowest BCUT2D eigenvalue weighted by molar-refractivity contribution is 0.0292. The van der Waals surface area contributed by atoms with Gasteiger partial charge < -0.3 is 9.84 Å². The molecule has 2 N–H and O–H groups in total. The molecule has 7 heteroatoms. The van der Waals surface area contributed by atoms with Crippen LogP contribution in [-0.2, 0) is 21.2 Å². The molecule has 0 aliphatic rings. The smallest absolute Gasteiger partial charge is 0.240 e. The molecule has 0 saturated carbocycles. The van der Waals surface area contributed by atoms with Gasteiger partial charge in [0.1, 0.15) is 0 Å². The third-order valence-electron chi connectivity index (χ3n) is 3.10. The van der Waals surface area contributed by atoms with E-state index in [1.807, 2.05) is 0 Å². The van der Waals surface area contributed by atoms with Gasteiger partial charge in [-0.3, -0.25) is 0 Å². The molecule has 1 aromatic rings. The van der Waals surface area contributed by atoms with E-state index in [0.717, 1.165) is 5.56 Å². The third kappa shape index (κ3) is 6.32. The molecule has 0 amide bonds. The Hall–Kier alpha value is -0.660. The van der Waals surface area contributed by atoms with E-state index in [2.05, 4.69) is 4.72 Å². The average molecular weight is 336 g/mol. The molecular weight excluding hydrogens is 314 g/mol. The van der Waals surface area contributed by atoms with Crippen molar-refractivity contribution in [1.29, 1.82) is 0 Å². The second-order valence-corrected chi connectivity index (χ2v) is 7.29. The van der Waals surface area contributed by atoms with Crippen LogP contribution in [0.5, 0.6) is 0 Å². The number of methoxy groups -OCH3 is 1. The molecular formula is C14H22ClNO4S. The lowest BCUT2D eigenvalue weighted by Crippen LogP contribution is -2.41. The highest BCUT2D eigenvalue weighted by Crippen LogP contribution is 2.13. The summed E-state index contributed by atoms with van der Waals surface area (Å²) in [5.41, 5.74) is -0.169. The minimum absolute atomic E-state index is 0.0673. The summed E-state index contributed by atoms with van der Waals surface area (Å²) >= 11 is 5.64. The zero-order valence-corrected chi connectivity index (χ0v) is 13.9. The van der Waals surface area contributed by atoms with Gasteiger partial charge in [0.25, 0.3) is 0 Å². The second-order valence-electron chi connectivity index (χ2n) is 5.15. The van der Waals surface area contributed by atoms with Gasteiger partial charge in [0.2, 0.25) is 10.0 Å². The van der Waals surface area contributed by atoms with Crippen LogP contribution in [0.3, 0.4) is 0 Å². The number of benzene rings is 1. The zero-order valence-electron chi connectivity index (χ0n) is 12.3. The summed E-state index contributed by atoms with van der Waals surface area (Å²) < 4.78 is 31.6. The molecule has 1 atom stereocenters. The topological polar surface area (TPSA) is 75.6 Å². The van der Waals surface area contributed by atoms with Gasteiger partial charge in [-0.05, 0) is 31.0 Å². The number of sulfonamides is 1. The molecule has 1 rings (SSSR count). The molecule has 5 nitrogen and oxygen atoms in total. The number of halogens is 1. The van der Waals surface area contributed by atoms with Crippen LogP contribution in [0.25, 0.3) is 0 Å². The van der Waals surface area contributed by atoms with Crippen molar-refractivity contribution in [2.24, 2.45) is 0 Å². The van der Waals surface area contributed by atoms with Crippen LogP contribution in [0.1, 0.15) is 18.9 Å². The molecule has 0 bridgehead atoms. The fourth-order valence-corrected chi connectivity index (χ4v) is 3.07. The number of hydrogen-bond donors (Lipinski definition) is 2. The van der Waals surface area contributed by atoms with E-state index < -0.39 is 15.6 Å². The zero-order chi connectivity index (χ0) is 15.9. The maximum absolute atomic E-state index is 12.1. The van der Waals surface area contributed by atoms with Gasteiger partial charge in [0.15, 0.2) is 0 Å². The Morgan fingerprint density at radius 1 is 1.33 bits per heavy atom. The first-order chi connectivity index (χ1) is 9.80. The summed E-state index contributed by atoms with van der Waals surface area (Å²) in [7, 11) is -2.10. The Kier molecular flexibility index (Phi) is 7.09. The minimum atomic E-state index is -3.63. The van der Waals surface area contributed by atoms with Crippen molar-refractivity contribution >= 4 is 21.6 Å². The van der Waals surface area contributed by atoms with Gasteiger partial charge >= 0.3 is 0 Å². The van der Waals surface area contributed by atoms with Crippen molar-refractivity contribution in [3.05, 3.63) is 29.8 Å². The fraction of sp³-hybridized carbons (Fsp3) is 0.571. The van der Waals surface area contributed by atoms with Crippen molar-refractivity contribution < 1.29 is 18.3 Å². The molecule has 1 aromatic carbocycles. The maximum atomic E-state index is 12.1. The van der Waals surface area contributed by atoms with E-state index in [0.29, 0.717) is 25.3 Å². The minimum Gasteiger partial charge on any atom is -0.389 e. The van der Waals surface area contributed by atoms with Crippen LogP contribution in [0.4, 0.5) is 0 Å². The van der Waals surface area contributed by atoms with E-state index in [-0.39, 0.29) is 11.4 Å². The Balaban J connectivity index is 2.68. The van der Waals surface area contributed by atoms with Crippen LogP contribution in [0, 0.1) is 0 Å². The highest BCUT2D eigenvalue weighted by atomic mass is 35.5. The predicted molar refractivity (Wildman–Crippen MR) is 83.2 cm³/mol. The summed E-state index contributed by atoms with van der Waals surface area (Å²) in [5.74, 6) is 0.493. The monoisotopic (exact) mass is 335 g/mol. The largest absolute Gasteiger partial charge is 0.389 e. The number of nitrogens with one attached hydrogen (secondary N) is 1. The van der Waals surface area contributed by atoms with E-state index in [1.54, 1.807) is 19.1 Å². The quantitative estimate of drug-likeness (QED) is 0.671. The summed E-state index contributed by atoms with van der Waals surface area (Å²) in [6, 6.07) is 6.54. The van der Waals surface area contributed by atoms with E-state index in [9.17, 15) is 13.5 Å². The van der Waals surface area contributed by atoms with Gasteiger partial charge in [0.05, 0.1) is 10.5 Å². The SMILES string of the molecule is COCCC(C)(O)CNS(=O)(=O)c1ccc(CCCl)cc1. The van der Waals surface area contributed by atoms with Gasteiger partial charge in [-0.1, -0.05) is 12.1 Å². The van der Waals surface area contributed by atoms with Crippen molar-refractivity contribution in [2.75, 3.05) is 26.1 Å². The number of hydrogen-bond acceptors (Lipinski definition) is 4. The number of aryl methyl sites for hydroxylation is 1. The van der Waals surface area contributed by atoms with Gasteiger partial charge in [-0.15, -0.1) is 11.6 Å². The van der Waals surface area contributed by atoms with E-state index in [1.165, 1.54) is 19.2 Å². The Morgan fingerprint density at radius 2 is 1.95 bits per heavy atom. The predicted octanol–water partition coefficient (Wildman–Crippen LogP) is 1.53. The Labute approximate surface area is 131 Å². The van der Waals surface area contributed by atoms with Crippen molar-refractivity contribution in [2.45, 2.75) is 30.3 Å². The summed E-state index contributed by atoms with van der Waals surface area (Å²) in [6.45, 7) is 1.86. The number of rotatable bonds is 9. The first-order valence-electron chi connectivity index (χ1n) is 6.66. The molecule has 120 valence electrons. The summed E-state index contributed by atoms with van der Waals surface area (Å²) in [5, 5.41) is 10.0. The molecule has 0 heterocycles. The Morgan fingerprint density at radius 3 is 2.48 bits per heavy atom. The highest BCUT2D eigenvalue weighted by molar-refractivity contribution is 7.89. The molecule has 0 fully saturated rings. The molecule has 0 spiro atoms. The van der Waals surface area contributed by atoms with Crippen LogP contribution < -0.4 is 4.72 Å². The number of aliphatic hydroxyl groups is 1. The van der Waals surface area contributed by atoms with E-state index in [4.69, 9.17) is 16.3 Å². The highest BCUT2D eigenvalue weighted by Gasteiger charge is 2.23. The molecule has 0 radical (unpaired) electrons.